The van der Waals surface area contributed by atoms with Gasteiger partial charge in [-0.3, -0.25) is 4.79 Å². The number of amides is 1. The van der Waals surface area contributed by atoms with Crippen molar-refractivity contribution in [2.24, 2.45) is 5.41 Å². The molecule has 2 aromatic rings. The molecule has 2 nitrogen and oxygen atoms in total. The number of hydrogen-bond donors (Lipinski definition) is 0. The van der Waals surface area contributed by atoms with Crippen LogP contribution in [0.15, 0.2) is 66.9 Å². The first-order chi connectivity index (χ1) is 12.0. The van der Waals surface area contributed by atoms with Gasteiger partial charge in [-0.2, -0.15) is 0 Å². The van der Waals surface area contributed by atoms with Gasteiger partial charge in [0.05, 0.1) is 0 Å². The maximum absolute atomic E-state index is 12.6. The lowest BCUT2D eigenvalue weighted by Gasteiger charge is -2.21. The Morgan fingerprint density at radius 1 is 1.04 bits per heavy atom. The predicted octanol–water partition coefficient (Wildman–Crippen LogP) is 5.45. The van der Waals surface area contributed by atoms with Crippen LogP contribution < -0.4 is 0 Å². The lowest BCUT2D eigenvalue weighted by Crippen LogP contribution is -2.31. The van der Waals surface area contributed by atoms with E-state index in [1.165, 1.54) is 16.7 Å². The smallest absolute Gasteiger partial charge is 0.232 e. The Morgan fingerprint density at radius 3 is 2.32 bits per heavy atom. The number of benzene rings is 2. The molecule has 0 aliphatic carbocycles. The van der Waals surface area contributed by atoms with Crippen LogP contribution in [-0.4, -0.2) is 16.8 Å². The molecule has 0 bridgehead atoms. The average molecular weight is 333 g/mol. The summed E-state index contributed by atoms with van der Waals surface area (Å²) in [6.45, 7) is 6.21. The second kappa shape index (κ2) is 7.26. The van der Waals surface area contributed by atoms with E-state index < -0.39 is 0 Å². The highest BCUT2D eigenvalue weighted by molar-refractivity contribution is 5.85. The normalized spacial score (nSPS) is 19.7. The van der Waals surface area contributed by atoms with E-state index in [1.54, 1.807) is 0 Å². The highest BCUT2D eigenvalue weighted by Crippen LogP contribution is 2.37. The van der Waals surface area contributed by atoms with E-state index in [0.29, 0.717) is 0 Å². The van der Waals surface area contributed by atoms with E-state index in [2.05, 4.69) is 75.4 Å². The number of allylic oxidation sites excluding steroid dienone is 1. The molecule has 0 N–H and O–H groups in total. The van der Waals surface area contributed by atoms with Gasteiger partial charge in [-0.05, 0) is 36.0 Å². The zero-order valence-electron chi connectivity index (χ0n) is 15.4. The van der Waals surface area contributed by atoms with Crippen molar-refractivity contribution in [2.75, 3.05) is 0 Å². The van der Waals surface area contributed by atoms with Crippen molar-refractivity contribution < 1.29 is 4.79 Å². The van der Waals surface area contributed by atoms with E-state index in [4.69, 9.17) is 0 Å². The van der Waals surface area contributed by atoms with Crippen molar-refractivity contribution >= 4 is 5.91 Å². The highest BCUT2D eigenvalue weighted by Gasteiger charge is 2.44. The third-order valence-corrected chi connectivity index (χ3v) is 4.99. The summed E-state index contributed by atoms with van der Waals surface area (Å²) < 4.78 is 0. The summed E-state index contributed by atoms with van der Waals surface area (Å²) in [4.78, 5) is 14.6. The number of nitrogens with zero attached hydrogens (tertiary/aromatic N) is 1. The standard InChI is InChI=1S/C23H27NO/c1-4-5-15-24-21(17-23(2,3)22(24)25)16-18-11-13-20(14-12-18)19-9-7-6-8-10-19/h5-15,21H,4,16-17H2,1-3H3. The summed E-state index contributed by atoms with van der Waals surface area (Å²) in [5.74, 6) is 0.239. The Bertz CT molecular complexity index is 743. The van der Waals surface area contributed by atoms with Gasteiger partial charge in [-0.1, -0.05) is 81.4 Å². The molecule has 0 saturated carbocycles. The van der Waals surface area contributed by atoms with Crippen LogP contribution in [0, 0.1) is 5.41 Å². The van der Waals surface area contributed by atoms with Gasteiger partial charge in [-0.15, -0.1) is 0 Å². The summed E-state index contributed by atoms with van der Waals surface area (Å²) in [7, 11) is 0. The third kappa shape index (κ3) is 3.84. The molecule has 3 rings (SSSR count). The van der Waals surface area contributed by atoms with Gasteiger partial charge in [0, 0.05) is 17.7 Å². The molecule has 2 aromatic carbocycles. The van der Waals surface area contributed by atoms with Gasteiger partial charge in [0.2, 0.25) is 5.91 Å². The molecule has 1 atom stereocenters. The Hall–Kier alpha value is -2.35. The second-order valence-corrected chi connectivity index (χ2v) is 7.51. The molecule has 0 aromatic heterocycles. The van der Waals surface area contributed by atoms with Crippen LogP contribution in [0.5, 0.6) is 0 Å². The maximum Gasteiger partial charge on any atom is 0.232 e. The van der Waals surface area contributed by atoms with E-state index in [1.807, 2.05) is 17.2 Å². The molecular weight excluding hydrogens is 306 g/mol. The van der Waals surface area contributed by atoms with Crippen molar-refractivity contribution in [2.45, 2.75) is 46.1 Å². The van der Waals surface area contributed by atoms with Crippen LogP contribution in [0.3, 0.4) is 0 Å². The predicted molar refractivity (Wildman–Crippen MR) is 104 cm³/mol. The number of carbonyl (C=O) groups is 1. The van der Waals surface area contributed by atoms with E-state index >= 15 is 0 Å². The molecule has 0 spiro atoms. The molecule has 130 valence electrons. The maximum atomic E-state index is 12.6. The molecule has 1 aliphatic rings. The Kier molecular flexibility index (Phi) is 5.08. The molecule has 1 fully saturated rings. The number of rotatable bonds is 5. The zero-order valence-corrected chi connectivity index (χ0v) is 15.4. The van der Waals surface area contributed by atoms with Crippen LogP contribution in [0.1, 0.15) is 39.2 Å². The fourth-order valence-corrected chi connectivity index (χ4v) is 3.60. The summed E-state index contributed by atoms with van der Waals surface area (Å²) in [6, 6.07) is 19.4. The zero-order chi connectivity index (χ0) is 17.9. The van der Waals surface area contributed by atoms with Crippen molar-refractivity contribution in [3.63, 3.8) is 0 Å². The van der Waals surface area contributed by atoms with Crippen molar-refractivity contribution in [3.05, 3.63) is 72.4 Å². The van der Waals surface area contributed by atoms with Crippen LogP contribution in [0.4, 0.5) is 0 Å². The van der Waals surface area contributed by atoms with Crippen molar-refractivity contribution in [1.82, 2.24) is 4.90 Å². The van der Waals surface area contributed by atoms with Gasteiger partial charge >= 0.3 is 0 Å². The molecular formula is C23H27NO. The largest absolute Gasteiger partial charge is 0.316 e. The van der Waals surface area contributed by atoms with Gasteiger partial charge in [-0.25, -0.2) is 0 Å². The Labute approximate surface area is 151 Å². The first kappa shape index (κ1) is 17.5. The summed E-state index contributed by atoms with van der Waals surface area (Å²) in [5.41, 5.74) is 3.48. The van der Waals surface area contributed by atoms with E-state index in [9.17, 15) is 4.79 Å². The molecule has 1 amide bonds. The first-order valence-electron chi connectivity index (χ1n) is 9.15. The van der Waals surface area contributed by atoms with Crippen LogP contribution in [0.25, 0.3) is 11.1 Å². The second-order valence-electron chi connectivity index (χ2n) is 7.51. The molecule has 1 aliphatic heterocycles. The highest BCUT2D eigenvalue weighted by atomic mass is 16.2. The minimum atomic E-state index is -0.271. The van der Waals surface area contributed by atoms with Crippen molar-refractivity contribution in [1.29, 1.82) is 0 Å². The minimum Gasteiger partial charge on any atom is -0.316 e. The van der Waals surface area contributed by atoms with Gasteiger partial charge in [0.15, 0.2) is 0 Å². The Morgan fingerprint density at radius 2 is 1.68 bits per heavy atom. The van der Waals surface area contributed by atoms with Crippen molar-refractivity contribution in [3.8, 4) is 11.1 Å². The minimum absolute atomic E-state index is 0.239. The first-order valence-corrected chi connectivity index (χ1v) is 9.15. The SMILES string of the molecule is CCC=CN1C(=O)C(C)(C)CC1Cc1ccc(-c2ccccc2)cc1. The molecule has 1 unspecified atom stereocenters. The van der Waals surface area contributed by atoms with Gasteiger partial charge < -0.3 is 4.90 Å². The number of likely N-dealkylation sites (tertiary alicyclic amines) is 1. The number of hydrogen-bond acceptors (Lipinski definition) is 1. The lowest BCUT2D eigenvalue weighted by atomic mass is 9.88. The molecule has 1 saturated heterocycles. The fourth-order valence-electron chi connectivity index (χ4n) is 3.60. The third-order valence-electron chi connectivity index (χ3n) is 4.99. The van der Waals surface area contributed by atoms with E-state index in [-0.39, 0.29) is 17.4 Å². The average Bonchev–Trinajstić information content (AvgIpc) is 2.83. The molecule has 1 heterocycles. The summed E-state index contributed by atoms with van der Waals surface area (Å²) in [6.07, 6.45) is 6.81. The fraction of sp³-hybridized carbons (Fsp3) is 0.348. The quantitative estimate of drug-likeness (QED) is 0.713. The lowest BCUT2D eigenvalue weighted by molar-refractivity contribution is -0.133. The van der Waals surface area contributed by atoms with Crippen LogP contribution in [0.2, 0.25) is 0 Å². The molecule has 25 heavy (non-hydrogen) atoms. The number of carbonyl (C=O) groups excluding carboxylic acids is 1. The van der Waals surface area contributed by atoms with Crippen LogP contribution >= 0.6 is 0 Å². The summed E-state index contributed by atoms with van der Waals surface area (Å²) in [5, 5.41) is 0. The van der Waals surface area contributed by atoms with Gasteiger partial charge in [0.25, 0.3) is 0 Å². The topological polar surface area (TPSA) is 20.3 Å². The summed E-state index contributed by atoms with van der Waals surface area (Å²) >= 11 is 0. The molecule has 2 heteroatoms. The van der Waals surface area contributed by atoms with Gasteiger partial charge in [0.1, 0.15) is 0 Å². The monoisotopic (exact) mass is 333 g/mol. The molecule has 0 radical (unpaired) electrons. The van der Waals surface area contributed by atoms with Crippen LogP contribution in [-0.2, 0) is 11.2 Å². The Balaban J connectivity index is 1.76. The van der Waals surface area contributed by atoms with E-state index in [0.717, 1.165) is 19.3 Å².